The number of carbonyl (C=O) groups is 1. The van der Waals surface area contributed by atoms with Gasteiger partial charge in [0.1, 0.15) is 5.56 Å². The standard InChI is InChI=1S/C16H16N2O3/c19-15-9-14(17-10-13(15)16(20)21)11-3-5-12(6-4-11)18-7-1-2-8-18/h3-6,9-10H,1-2,7-8H2,(H,17,19)(H,20,21). The summed E-state index contributed by atoms with van der Waals surface area (Å²) in [5.74, 6) is -1.22. The third kappa shape index (κ3) is 2.67. The van der Waals surface area contributed by atoms with Gasteiger partial charge in [0.15, 0.2) is 5.43 Å². The van der Waals surface area contributed by atoms with Crippen molar-refractivity contribution in [2.45, 2.75) is 12.8 Å². The molecule has 1 aliphatic rings. The van der Waals surface area contributed by atoms with Gasteiger partial charge in [-0.05, 0) is 30.5 Å². The van der Waals surface area contributed by atoms with E-state index in [9.17, 15) is 9.59 Å². The van der Waals surface area contributed by atoms with E-state index in [1.54, 1.807) is 0 Å². The number of anilines is 1. The van der Waals surface area contributed by atoms with E-state index in [2.05, 4.69) is 9.88 Å². The average molecular weight is 284 g/mol. The molecule has 3 rings (SSSR count). The first-order chi connectivity index (χ1) is 10.1. The number of nitrogens with one attached hydrogen (secondary N) is 1. The first kappa shape index (κ1) is 13.4. The topological polar surface area (TPSA) is 73.4 Å². The lowest BCUT2D eigenvalue weighted by Gasteiger charge is -2.17. The minimum absolute atomic E-state index is 0.243. The second-order valence-electron chi connectivity index (χ2n) is 5.17. The number of hydrogen-bond donors (Lipinski definition) is 2. The van der Waals surface area contributed by atoms with Gasteiger partial charge in [0.25, 0.3) is 0 Å². The number of aromatic carboxylic acids is 1. The van der Waals surface area contributed by atoms with Crippen molar-refractivity contribution < 1.29 is 9.90 Å². The molecule has 21 heavy (non-hydrogen) atoms. The van der Waals surface area contributed by atoms with Crippen molar-refractivity contribution in [3.8, 4) is 11.3 Å². The number of carboxylic acids is 1. The van der Waals surface area contributed by atoms with Crippen molar-refractivity contribution in [3.63, 3.8) is 0 Å². The summed E-state index contributed by atoms with van der Waals surface area (Å²) in [4.78, 5) is 27.8. The van der Waals surface area contributed by atoms with E-state index in [-0.39, 0.29) is 5.56 Å². The van der Waals surface area contributed by atoms with Crippen molar-refractivity contribution in [1.29, 1.82) is 0 Å². The Balaban J connectivity index is 1.88. The summed E-state index contributed by atoms with van der Waals surface area (Å²) in [6, 6.07) is 9.28. The first-order valence-corrected chi connectivity index (χ1v) is 6.96. The largest absolute Gasteiger partial charge is 0.477 e. The molecule has 0 spiro atoms. The summed E-state index contributed by atoms with van der Waals surface area (Å²) in [6.45, 7) is 2.17. The summed E-state index contributed by atoms with van der Waals surface area (Å²) in [5, 5.41) is 8.86. The maximum absolute atomic E-state index is 11.7. The van der Waals surface area contributed by atoms with Gasteiger partial charge >= 0.3 is 5.97 Å². The highest BCUT2D eigenvalue weighted by Crippen LogP contribution is 2.23. The molecule has 1 aromatic carbocycles. The molecule has 2 aromatic rings. The second kappa shape index (κ2) is 5.44. The van der Waals surface area contributed by atoms with Gasteiger partial charge in [0, 0.05) is 36.7 Å². The minimum Gasteiger partial charge on any atom is -0.477 e. The van der Waals surface area contributed by atoms with Crippen molar-refractivity contribution >= 4 is 11.7 Å². The summed E-state index contributed by atoms with van der Waals surface area (Å²) < 4.78 is 0. The molecule has 0 radical (unpaired) electrons. The molecule has 5 nitrogen and oxygen atoms in total. The molecule has 1 aliphatic heterocycles. The molecule has 0 unspecified atom stereocenters. The van der Waals surface area contributed by atoms with Gasteiger partial charge in [-0.2, -0.15) is 0 Å². The number of H-pyrrole nitrogens is 1. The van der Waals surface area contributed by atoms with Crippen LogP contribution in [0.3, 0.4) is 0 Å². The smallest absolute Gasteiger partial charge is 0.341 e. The number of rotatable bonds is 3. The highest BCUT2D eigenvalue weighted by molar-refractivity contribution is 5.87. The normalized spacial score (nSPS) is 14.4. The number of aromatic amines is 1. The number of benzene rings is 1. The van der Waals surface area contributed by atoms with Crippen molar-refractivity contribution in [3.05, 3.63) is 52.3 Å². The molecular weight excluding hydrogens is 268 g/mol. The molecule has 1 saturated heterocycles. The Morgan fingerprint density at radius 2 is 1.81 bits per heavy atom. The lowest BCUT2D eigenvalue weighted by molar-refractivity contribution is 0.0695. The third-order valence-corrected chi connectivity index (χ3v) is 3.79. The fraction of sp³-hybridized carbons (Fsp3) is 0.250. The van der Waals surface area contributed by atoms with Crippen molar-refractivity contribution in [2.24, 2.45) is 0 Å². The average Bonchev–Trinajstić information content (AvgIpc) is 3.01. The maximum atomic E-state index is 11.7. The molecular formula is C16H16N2O3. The van der Waals surface area contributed by atoms with Crippen LogP contribution in [0.15, 0.2) is 41.3 Å². The van der Waals surface area contributed by atoms with E-state index >= 15 is 0 Å². The van der Waals surface area contributed by atoms with Gasteiger partial charge < -0.3 is 15.0 Å². The predicted octanol–water partition coefficient (Wildman–Crippen LogP) is 2.34. The number of aromatic nitrogens is 1. The van der Waals surface area contributed by atoms with E-state index in [0.29, 0.717) is 5.69 Å². The van der Waals surface area contributed by atoms with E-state index in [1.165, 1.54) is 30.8 Å². The summed E-state index contributed by atoms with van der Waals surface area (Å²) in [7, 11) is 0. The maximum Gasteiger partial charge on any atom is 0.341 e. The van der Waals surface area contributed by atoms with Crippen LogP contribution in [0.25, 0.3) is 11.3 Å². The zero-order chi connectivity index (χ0) is 14.8. The van der Waals surface area contributed by atoms with E-state index < -0.39 is 11.4 Å². The highest BCUT2D eigenvalue weighted by Gasteiger charge is 2.13. The molecule has 108 valence electrons. The predicted molar refractivity (Wildman–Crippen MR) is 80.9 cm³/mol. The SMILES string of the molecule is O=C(O)c1c[nH]c(-c2ccc(N3CCCC3)cc2)cc1=O. The Morgan fingerprint density at radius 1 is 1.14 bits per heavy atom. The number of carboxylic acid groups (broad SMARTS) is 1. The number of nitrogens with zero attached hydrogens (tertiary/aromatic N) is 1. The Bertz CT molecular complexity index is 713. The third-order valence-electron chi connectivity index (χ3n) is 3.79. The summed E-state index contributed by atoms with van der Waals surface area (Å²) >= 11 is 0. The van der Waals surface area contributed by atoms with Gasteiger partial charge in [-0.3, -0.25) is 4.79 Å². The van der Waals surface area contributed by atoms with Gasteiger partial charge in [-0.1, -0.05) is 12.1 Å². The Hall–Kier alpha value is -2.56. The zero-order valence-electron chi connectivity index (χ0n) is 11.5. The lowest BCUT2D eigenvalue weighted by atomic mass is 10.1. The molecule has 0 bridgehead atoms. The van der Waals surface area contributed by atoms with Crippen LogP contribution < -0.4 is 10.3 Å². The van der Waals surface area contributed by atoms with Crippen LogP contribution in [0.4, 0.5) is 5.69 Å². The second-order valence-corrected chi connectivity index (χ2v) is 5.17. The number of pyridine rings is 1. The minimum atomic E-state index is -1.22. The van der Waals surface area contributed by atoms with Crippen LogP contribution in [-0.4, -0.2) is 29.1 Å². The molecule has 0 atom stereocenters. The summed E-state index contributed by atoms with van der Waals surface area (Å²) in [6.07, 6.45) is 3.70. The van der Waals surface area contributed by atoms with Gasteiger partial charge in [0.2, 0.25) is 0 Å². The fourth-order valence-corrected chi connectivity index (χ4v) is 2.63. The van der Waals surface area contributed by atoms with Gasteiger partial charge in [0.05, 0.1) is 0 Å². The highest BCUT2D eigenvalue weighted by atomic mass is 16.4. The Morgan fingerprint density at radius 3 is 2.38 bits per heavy atom. The van der Waals surface area contributed by atoms with Crippen LogP contribution in [-0.2, 0) is 0 Å². The monoisotopic (exact) mass is 284 g/mol. The quantitative estimate of drug-likeness (QED) is 0.907. The fourth-order valence-electron chi connectivity index (χ4n) is 2.63. The summed E-state index contributed by atoms with van der Waals surface area (Å²) in [5.41, 5.74) is 1.94. The first-order valence-electron chi connectivity index (χ1n) is 6.96. The lowest BCUT2D eigenvalue weighted by Crippen LogP contribution is -2.17. The van der Waals surface area contributed by atoms with Crippen LogP contribution in [0.1, 0.15) is 23.2 Å². The Kier molecular flexibility index (Phi) is 3.48. The van der Waals surface area contributed by atoms with Gasteiger partial charge in [-0.25, -0.2) is 4.79 Å². The van der Waals surface area contributed by atoms with E-state index in [1.807, 2.05) is 24.3 Å². The van der Waals surface area contributed by atoms with Crippen LogP contribution >= 0.6 is 0 Å². The van der Waals surface area contributed by atoms with Crippen LogP contribution in [0.2, 0.25) is 0 Å². The van der Waals surface area contributed by atoms with E-state index in [0.717, 1.165) is 18.7 Å². The molecule has 1 aromatic heterocycles. The van der Waals surface area contributed by atoms with Crippen molar-refractivity contribution in [2.75, 3.05) is 18.0 Å². The molecule has 0 saturated carbocycles. The molecule has 2 N–H and O–H groups in total. The van der Waals surface area contributed by atoms with Gasteiger partial charge in [-0.15, -0.1) is 0 Å². The van der Waals surface area contributed by atoms with E-state index in [4.69, 9.17) is 5.11 Å². The van der Waals surface area contributed by atoms with Crippen LogP contribution in [0, 0.1) is 0 Å². The molecule has 0 aliphatic carbocycles. The Labute approximate surface area is 121 Å². The number of hydrogen-bond acceptors (Lipinski definition) is 3. The molecule has 5 heteroatoms. The molecule has 0 amide bonds. The van der Waals surface area contributed by atoms with Crippen LogP contribution in [0.5, 0.6) is 0 Å². The zero-order valence-corrected chi connectivity index (χ0v) is 11.5. The molecule has 1 fully saturated rings. The van der Waals surface area contributed by atoms with Crippen molar-refractivity contribution in [1.82, 2.24) is 4.98 Å². The molecule has 2 heterocycles.